The van der Waals surface area contributed by atoms with Crippen LogP contribution in [0.4, 0.5) is 10.6 Å². The number of anilines is 1. The van der Waals surface area contributed by atoms with Crippen molar-refractivity contribution in [2.24, 2.45) is 0 Å². The van der Waals surface area contributed by atoms with Crippen LogP contribution in [-0.2, 0) is 12.0 Å². The molecule has 1 aromatic carbocycles. The van der Waals surface area contributed by atoms with Crippen molar-refractivity contribution in [2.45, 2.75) is 52.7 Å². The van der Waals surface area contributed by atoms with Gasteiger partial charge in [-0.2, -0.15) is 0 Å². The summed E-state index contributed by atoms with van der Waals surface area (Å²) in [6.45, 7) is 10.4. The Kier molecular flexibility index (Phi) is 5.49. The molecule has 2 aromatic rings. The number of nitrogens with zero attached hydrogens (tertiary/aromatic N) is 1. The zero-order chi connectivity index (χ0) is 17.7. The van der Waals surface area contributed by atoms with Crippen LogP contribution in [0, 0.1) is 0 Å². The Balaban J connectivity index is 1.88. The summed E-state index contributed by atoms with van der Waals surface area (Å²) in [5.74, 6) is 1.90. The van der Waals surface area contributed by atoms with Crippen molar-refractivity contribution in [1.29, 1.82) is 0 Å². The minimum absolute atomic E-state index is 0.112. The van der Waals surface area contributed by atoms with Crippen molar-refractivity contribution in [3.8, 4) is 5.75 Å². The molecule has 0 aliphatic rings. The first kappa shape index (κ1) is 17.8. The third-order valence-electron chi connectivity index (χ3n) is 3.21. The Bertz CT molecular complexity index is 687. The number of benzene rings is 1. The number of carbonyl (C=O) groups excluding carboxylic acids is 1. The number of nitrogens with one attached hydrogen (secondary N) is 2. The molecule has 2 amide bonds. The molecule has 0 aliphatic carbocycles. The molecule has 0 atom stereocenters. The first-order chi connectivity index (χ1) is 11.2. The van der Waals surface area contributed by atoms with Gasteiger partial charge in [0, 0.05) is 18.0 Å². The minimum atomic E-state index is -0.334. The number of hydrogen-bond donors (Lipinski definition) is 2. The van der Waals surface area contributed by atoms with Crippen LogP contribution in [0.25, 0.3) is 0 Å². The molecule has 0 aliphatic heterocycles. The van der Waals surface area contributed by atoms with Crippen molar-refractivity contribution < 1.29 is 14.1 Å². The van der Waals surface area contributed by atoms with Crippen LogP contribution in [-0.4, -0.2) is 17.3 Å². The smallest absolute Gasteiger partial charge is 0.320 e. The lowest BCUT2D eigenvalue weighted by molar-refractivity contribution is 0.242. The maximum Gasteiger partial charge on any atom is 0.320 e. The third kappa shape index (κ3) is 5.30. The van der Waals surface area contributed by atoms with Gasteiger partial charge in [-0.3, -0.25) is 5.32 Å². The molecular formula is C18H25N3O3. The average molecular weight is 331 g/mol. The molecule has 0 bridgehead atoms. The first-order valence-corrected chi connectivity index (χ1v) is 8.01. The Labute approximate surface area is 142 Å². The van der Waals surface area contributed by atoms with Gasteiger partial charge >= 0.3 is 6.03 Å². The standard InChI is InChI=1S/C18H25N3O3/c1-12(2)23-14-8-6-7-13(9-14)11-19-17(22)20-16-10-15(24-21-16)18(3,4)5/h6-10,12H,11H2,1-5H3,(H2,19,20,21,22). The van der Waals surface area contributed by atoms with Crippen molar-refractivity contribution >= 4 is 11.8 Å². The van der Waals surface area contributed by atoms with E-state index in [-0.39, 0.29) is 17.6 Å². The van der Waals surface area contributed by atoms with E-state index in [4.69, 9.17) is 9.26 Å². The molecule has 24 heavy (non-hydrogen) atoms. The van der Waals surface area contributed by atoms with Crippen molar-refractivity contribution in [3.05, 3.63) is 41.7 Å². The molecule has 1 aromatic heterocycles. The highest BCUT2D eigenvalue weighted by Crippen LogP contribution is 2.24. The van der Waals surface area contributed by atoms with Crippen LogP contribution in [0.15, 0.2) is 34.9 Å². The van der Waals surface area contributed by atoms with E-state index in [1.54, 1.807) is 6.07 Å². The van der Waals surface area contributed by atoms with Crippen molar-refractivity contribution in [2.75, 3.05) is 5.32 Å². The van der Waals surface area contributed by atoms with E-state index in [0.717, 1.165) is 17.1 Å². The normalized spacial score (nSPS) is 11.4. The first-order valence-electron chi connectivity index (χ1n) is 8.01. The fraction of sp³-hybridized carbons (Fsp3) is 0.444. The molecular weight excluding hydrogens is 306 g/mol. The molecule has 0 spiro atoms. The molecule has 6 heteroatoms. The summed E-state index contributed by atoms with van der Waals surface area (Å²) >= 11 is 0. The van der Waals surface area contributed by atoms with Gasteiger partial charge in [-0.25, -0.2) is 4.79 Å². The molecule has 130 valence electrons. The summed E-state index contributed by atoms with van der Waals surface area (Å²) in [6, 6.07) is 9.04. The van der Waals surface area contributed by atoms with Gasteiger partial charge in [-0.05, 0) is 31.5 Å². The second-order valence-corrected chi connectivity index (χ2v) is 6.95. The van der Waals surface area contributed by atoms with Crippen LogP contribution >= 0.6 is 0 Å². The van der Waals surface area contributed by atoms with Gasteiger partial charge < -0.3 is 14.6 Å². The fourth-order valence-electron chi connectivity index (χ4n) is 2.03. The maximum atomic E-state index is 12.0. The molecule has 0 saturated carbocycles. The molecule has 6 nitrogen and oxygen atoms in total. The number of rotatable bonds is 5. The molecule has 1 heterocycles. The topological polar surface area (TPSA) is 76.4 Å². The highest BCUT2D eigenvalue weighted by atomic mass is 16.5. The van der Waals surface area contributed by atoms with Crippen LogP contribution in [0.2, 0.25) is 0 Å². The van der Waals surface area contributed by atoms with E-state index in [2.05, 4.69) is 15.8 Å². The number of aromatic nitrogens is 1. The molecule has 0 unspecified atom stereocenters. The monoisotopic (exact) mass is 331 g/mol. The molecule has 2 rings (SSSR count). The number of hydrogen-bond acceptors (Lipinski definition) is 4. The predicted molar refractivity (Wildman–Crippen MR) is 93.3 cm³/mol. The summed E-state index contributed by atoms with van der Waals surface area (Å²) in [4.78, 5) is 12.0. The van der Waals surface area contributed by atoms with Gasteiger partial charge in [0.1, 0.15) is 11.5 Å². The second kappa shape index (κ2) is 7.38. The average Bonchev–Trinajstić information content (AvgIpc) is 2.93. The van der Waals surface area contributed by atoms with Crippen molar-refractivity contribution in [1.82, 2.24) is 10.5 Å². The molecule has 0 saturated heterocycles. The van der Waals surface area contributed by atoms with Crippen molar-refractivity contribution in [3.63, 3.8) is 0 Å². The van der Waals surface area contributed by atoms with E-state index >= 15 is 0 Å². The maximum absolute atomic E-state index is 12.0. The summed E-state index contributed by atoms with van der Waals surface area (Å²) in [5, 5.41) is 9.31. The van der Waals surface area contributed by atoms with E-state index < -0.39 is 0 Å². The lowest BCUT2D eigenvalue weighted by atomic mass is 9.93. The Morgan fingerprint density at radius 1 is 1.29 bits per heavy atom. The van der Waals surface area contributed by atoms with Gasteiger partial charge in [0.25, 0.3) is 0 Å². The van der Waals surface area contributed by atoms with E-state index in [9.17, 15) is 4.79 Å². The van der Waals surface area contributed by atoms with Gasteiger partial charge in [-0.15, -0.1) is 0 Å². The lowest BCUT2D eigenvalue weighted by Gasteiger charge is -2.12. The van der Waals surface area contributed by atoms with Crippen LogP contribution in [0.3, 0.4) is 0 Å². The van der Waals surface area contributed by atoms with Crippen LogP contribution in [0.1, 0.15) is 45.9 Å². The second-order valence-electron chi connectivity index (χ2n) is 6.95. The number of ether oxygens (including phenoxy) is 1. The predicted octanol–water partition coefficient (Wildman–Crippen LogP) is 4.08. The Hall–Kier alpha value is -2.50. The van der Waals surface area contributed by atoms with E-state index in [1.165, 1.54) is 0 Å². The van der Waals surface area contributed by atoms with Crippen LogP contribution in [0.5, 0.6) is 5.75 Å². The highest BCUT2D eigenvalue weighted by Gasteiger charge is 2.20. The summed E-state index contributed by atoms with van der Waals surface area (Å²) in [5.41, 5.74) is 0.805. The largest absolute Gasteiger partial charge is 0.491 e. The van der Waals surface area contributed by atoms with Gasteiger partial charge in [0.05, 0.1) is 6.10 Å². The minimum Gasteiger partial charge on any atom is -0.491 e. The molecule has 2 N–H and O–H groups in total. The summed E-state index contributed by atoms with van der Waals surface area (Å²) in [7, 11) is 0. The molecule has 0 fully saturated rings. The Morgan fingerprint density at radius 3 is 2.67 bits per heavy atom. The quantitative estimate of drug-likeness (QED) is 0.865. The highest BCUT2D eigenvalue weighted by molar-refractivity contribution is 5.88. The zero-order valence-electron chi connectivity index (χ0n) is 14.8. The summed E-state index contributed by atoms with van der Waals surface area (Å²) < 4.78 is 10.9. The SMILES string of the molecule is CC(C)Oc1cccc(CNC(=O)Nc2cc(C(C)(C)C)on2)c1. The lowest BCUT2D eigenvalue weighted by Crippen LogP contribution is -2.28. The van der Waals surface area contributed by atoms with E-state index in [0.29, 0.717) is 12.4 Å². The zero-order valence-corrected chi connectivity index (χ0v) is 14.8. The summed E-state index contributed by atoms with van der Waals surface area (Å²) in [6.07, 6.45) is 0.112. The number of carbonyl (C=O) groups is 1. The van der Waals surface area contributed by atoms with Gasteiger partial charge in [-0.1, -0.05) is 38.1 Å². The van der Waals surface area contributed by atoms with E-state index in [1.807, 2.05) is 58.9 Å². The Morgan fingerprint density at radius 2 is 2.04 bits per heavy atom. The molecule has 0 radical (unpaired) electrons. The third-order valence-corrected chi connectivity index (χ3v) is 3.21. The fourth-order valence-corrected chi connectivity index (χ4v) is 2.03. The number of amides is 2. The number of urea groups is 1. The van der Waals surface area contributed by atoms with Gasteiger partial charge in [0.2, 0.25) is 0 Å². The van der Waals surface area contributed by atoms with Gasteiger partial charge in [0.15, 0.2) is 5.82 Å². The van der Waals surface area contributed by atoms with Crippen LogP contribution < -0.4 is 15.4 Å².